The minimum Gasteiger partial charge on any atom is -0.478 e. The molecule has 0 amide bonds. The van der Waals surface area contributed by atoms with Crippen LogP contribution in [0, 0.1) is 6.92 Å². The van der Waals surface area contributed by atoms with Gasteiger partial charge in [-0.05, 0) is 73.2 Å². The van der Waals surface area contributed by atoms with Crippen molar-refractivity contribution in [1.29, 1.82) is 0 Å². The van der Waals surface area contributed by atoms with Crippen molar-refractivity contribution in [2.75, 3.05) is 0 Å². The maximum absolute atomic E-state index is 11.2. The Kier molecular flexibility index (Phi) is 11.3. The molecule has 6 aromatic heterocycles. The Balaban J connectivity index is 0.000000157. The van der Waals surface area contributed by atoms with Crippen LogP contribution in [0.2, 0.25) is 0 Å². The van der Waals surface area contributed by atoms with Crippen molar-refractivity contribution < 1.29 is 49.5 Å². The normalized spacial score (nSPS) is 10.3. The van der Waals surface area contributed by atoms with Crippen molar-refractivity contribution in [3.8, 4) is 22.8 Å². The van der Waals surface area contributed by atoms with Gasteiger partial charge in [0.1, 0.15) is 0 Å². The average molecular weight is 727 g/mol. The van der Waals surface area contributed by atoms with Crippen LogP contribution in [0.25, 0.3) is 44.6 Å². The highest BCUT2D eigenvalue weighted by Gasteiger charge is 2.15. The van der Waals surface area contributed by atoms with Gasteiger partial charge in [-0.15, -0.1) is 0 Å². The molecule has 0 aliphatic carbocycles. The second kappa shape index (κ2) is 16.3. The highest BCUT2D eigenvalue weighted by molar-refractivity contribution is 6.14. The van der Waals surface area contributed by atoms with Crippen LogP contribution in [0.15, 0.2) is 110 Å². The largest absolute Gasteiger partial charge is 0.478 e. The zero-order chi connectivity index (χ0) is 38.9. The summed E-state index contributed by atoms with van der Waals surface area (Å²) in [4.78, 5) is 79.3. The number of aromatic carboxylic acids is 5. The Morgan fingerprint density at radius 3 is 1.02 bits per heavy atom. The molecule has 0 saturated heterocycles. The Morgan fingerprint density at radius 2 is 0.704 bits per heavy atom. The standard InChI is InChI=1S/C14H8N2O4.C12H8N2O4.C12H10N2O2/c17-13(18)9-3-5-15-11-7(9)1-2-8-10(14(19)20)4-6-16-12(8)11;15-11(16)7-1-3-13-9(5-7)10-6-8(12(17)18)2-4-14-10;1-8-2-4-13-10(6-8)11-7-9(12(15)16)3-5-14-11/h1-6H,(H,17,18)(H,19,20);1-6H,(H,15,16)(H,17,18);2-7H,1H3,(H,15,16). The second-order valence-corrected chi connectivity index (χ2v) is 11.1. The van der Waals surface area contributed by atoms with E-state index < -0.39 is 29.8 Å². The van der Waals surface area contributed by atoms with Crippen LogP contribution in [0.5, 0.6) is 0 Å². The summed E-state index contributed by atoms with van der Waals surface area (Å²) in [7, 11) is 0. The molecule has 0 aliphatic rings. The van der Waals surface area contributed by atoms with Crippen LogP contribution in [0.3, 0.4) is 0 Å². The van der Waals surface area contributed by atoms with Gasteiger partial charge in [0.15, 0.2) is 0 Å². The van der Waals surface area contributed by atoms with E-state index in [1.807, 2.05) is 19.1 Å². The fourth-order valence-electron chi connectivity index (χ4n) is 4.99. The lowest BCUT2D eigenvalue weighted by atomic mass is 10.0. The summed E-state index contributed by atoms with van der Waals surface area (Å²) in [6.45, 7) is 1.95. The zero-order valence-corrected chi connectivity index (χ0v) is 27.9. The predicted octanol–water partition coefficient (Wildman–Crippen LogP) is 5.87. The van der Waals surface area contributed by atoms with Gasteiger partial charge in [-0.2, -0.15) is 0 Å². The van der Waals surface area contributed by atoms with Crippen molar-refractivity contribution in [2.45, 2.75) is 6.92 Å². The van der Waals surface area contributed by atoms with Gasteiger partial charge in [0.25, 0.3) is 0 Å². The number of carboxylic acid groups (broad SMARTS) is 5. The van der Waals surface area contributed by atoms with E-state index in [0.29, 0.717) is 44.6 Å². The highest BCUT2D eigenvalue weighted by atomic mass is 16.4. The van der Waals surface area contributed by atoms with Gasteiger partial charge < -0.3 is 25.5 Å². The van der Waals surface area contributed by atoms with Gasteiger partial charge in [-0.3, -0.25) is 29.9 Å². The third-order valence-corrected chi connectivity index (χ3v) is 7.54. The summed E-state index contributed by atoms with van der Waals surface area (Å²) in [6.07, 6.45) is 8.59. The Morgan fingerprint density at radius 1 is 0.389 bits per heavy atom. The van der Waals surface area contributed by atoms with E-state index in [1.165, 1.54) is 79.5 Å². The summed E-state index contributed by atoms with van der Waals surface area (Å²) >= 11 is 0. The number of carboxylic acids is 5. The number of fused-ring (bicyclic) bond motifs is 3. The summed E-state index contributed by atoms with van der Waals surface area (Å²) < 4.78 is 0. The Hall–Kier alpha value is -8.01. The molecule has 5 N–H and O–H groups in total. The molecule has 7 rings (SSSR count). The monoisotopic (exact) mass is 726 g/mol. The number of rotatable bonds is 7. The molecule has 268 valence electrons. The lowest BCUT2D eigenvalue weighted by molar-refractivity contribution is 0.0686. The molecule has 54 heavy (non-hydrogen) atoms. The molecule has 1 aromatic carbocycles. The maximum Gasteiger partial charge on any atom is 0.336 e. The molecule has 0 atom stereocenters. The van der Waals surface area contributed by atoms with Crippen LogP contribution >= 0.6 is 0 Å². The van der Waals surface area contributed by atoms with Gasteiger partial charge in [-0.1, -0.05) is 12.1 Å². The molecule has 0 fully saturated rings. The number of pyridine rings is 6. The first-order valence-corrected chi connectivity index (χ1v) is 15.5. The van der Waals surface area contributed by atoms with Gasteiger partial charge in [0.05, 0.1) is 61.6 Å². The molecule has 0 unspecified atom stereocenters. The number of hydrogen-bond donors (Lipinski definition) is 5. The molecule has 0 aliphatic heterocycles. The molecule has 0 radical (unpaired) electrons. The molecule has 6 heterocycles. The molecule has 0 spiro atoms. The van der Waals surface area contributed by atoms with Crippen LogP contribution in [-0.4, -0.2) is 85.3 Å². The summed E-state index contributed by atoms with van der Waals surface area (Å²) in [5.74, 6) is -5.24. The topological polar surface area (TPSA) is 264 Å². The molecule has 0 bridgehead atoms. The lowest BCUT2D eigenvalue weighted by Gasteiger charge is -2.06. The fraction of sp³-hybridized carbons (Fsp3) is 0.0263. The molecule has 16 nitrogen and oxygen atoms in total. The van der Waals surface area contributed by atoms with E-state index in [9.17, 15) is 24.0 Å². The SMILES string of the molecule is Cc1ccnc(-c2cc(C(=O)O)ccn2)c1.O=C(O)c1ccnc(-c2cc(C(=O)O)ccn2)c1.O=C(O)c1ccnc2c1ccc1c(C(=O)O)ccnc12. The number of benzene rings is 1. The summed E-state index contributed by atoms with van der Waals surface area (Å²) in [6, 6.07) is 18.0. The van der Waals surface area contributed by atoms with E-state index in [2.05, 4.69) is 29.9 Å². The van der Waals surface area contributed by atoms with Crippen molar-refractivity contribution in [2.24, 2.45) is 0 Å². The smallest absolute Gasteiger partial charge is 0.336 e. The van der Waals surface area contributed by atoms with E-state index in [-0.39, 0.29) is 27.8 Å². The minimum absolute atomic E-state index is 0.0718. The number of nitrogens with zero attached hydrogens (tertiary/aromatic N) is 6. The summed E-state index contributed by atoms with van der Waals surface area (Å²) in [5.41, 5.74) is 4.29. The lowest BCUT2D eigenvalue weighted by Crippen LogP contribution is -2.01. The van der Waals surface area contributed by atoms with E-state index in [0.717, 1.165) is 5.56 Å². The number of aryl methyl sites for hydroxylation is 1. The quantitative estimate of drug-likeness (QED) is 0.120. The molecule has 16 heteroatoms. The van der Waals surface area contributed by atoms with E-state index >= 15 is 0 Å². The van der Waals surface area contributed by atoms with Gasteiger partial charge in [-0.25, -0.2) is 24.0 Å². The highest BCUT2D eigenvalue weighted by Crippen LogP contribution is 2.27. The van der Waals surface area contributed by atoms with Crippen molar-refractivity contribution in [1.82, 2.24) is 29.9 Å². The maximum atomic E-state index is 11.2. The van der Waals surface area contributed by atoms with Crippen LogP contribution in [0.1, 0.15) is 57.4 Å². The molecule has 7 aromatic rings. The minimum atomic E-state index is -1.08. The van der Waals surface area contributed by atoms with Crippen LogP contribution < -0.4 is 0 Å². The van der Waals surface area contributed by atoms with Crippen LogP contribution in [0.4, 0.5) is 0 Å². The third-order valence-electron chi connectivity index (χ3n) is 7.54. The first kappa shape index (κ1) is 37.3. The number of hydrogen-bond acceptors (Lipinski definition) is 11. The number of aromatic nitrogens is 6. The third kappa shape index (κ3) is 8.64. The zero-order valence-electron chi connectivity index (χ0n) is 27.9. The summed E-state index contributed by atoms with van der Waals surface area (Å²) in [5, 5.41) is 45.8. The second-order valence-electron chi connectivity index (χ2n) is 11.1. The number of carbonyl (C=O) groups is 5. The van der Waals surface area contributed by atoms with E-state index in [4.69, 9.17) is 25.5 Å². The fourth-order valence-corrected chi connectivity index (χ4v) is 4.99. The average Bonchev–Trinajstić information content (AvgIpc) is 3.17. The van der Waals surface area contributed by atoms with Crippen molar-refractivity contribution in [3.63, 3.8) is 0 Å². The molecule has 0 saturated carbocycles. The van der Waals surface area contributed by atoms with Gasteiger partial charge in [0.2, 0.25) is 0 Å². The Bertz CT molecular complexity index is 2470. The molecular weight excluding hydrogens is 700 g/mol. The predicted molar refractivity (Wildman–Crippen MR) is 192 cm³/mol. The van der Waals surface area contributed by atoms with Crippen LogP contribution in [-0.2, 0) is 0 Å². The van der Waals surface area contributed by atoms with Gasteiger partial charge >= 0.3 is 29.8 Å². The first-order chi connectivity index (χ1) is 25.8. The first-order valence-electron chi connectivity index (χ1n) is 15.5. The Labute approximate surface area is 303 Å². The van der Waals surface area contributed by atoms with Crippen molar-refractivity contribution in [3.05, 3.63) is 143 Å². The van der Waals surface area contributed by atoms with E-state index in [1.54, 1.807) is 18.3 Å². The molecular formula is C38H26N6O10. The van der Waals surface area contributed by atoms with Crippen molar-refractivity contribution >= 4 is 51.7 Å². The van der Waals surface area contributed by atoms with Gasteiger partial charge in [0, 0.05) is 48.0 Å².